The lowest BCUT2D eigenvalue weighted by atomic mass is 10.1. The Labute approximate surface area is 108 Å². The monoisotopic (exact) mass is 295 g/mol. The number of nitrogens with one attached hydrogen (secondary N) is 2. The van der Waals surface area contributed by atoms with E-state index in [1.807, 2.05) is 18.2 Å². The highest BCUT2D eigenvalue weighted by Gasteiger charge is 2.35. The number of hydrogen-bond acceptors (Lipinski definition) is 3. The van der Waals surface area contributed by atoms with Crippen LogP contribution in [0.2, 0.25) is 0 Å². The summed E-state index contributed by atoms with van der Waals surface area (Å²) in [4.78, 5) is 14.3. The highest BCUT2D eigenvalue weighted by atomic mass is 79.9. The second-order valence-corrected chi connectivity index (χ2v) is 5.33. The van der Waals surface area contributed by atoms with Gasteiger partial charge in [0.1, 0.15) is 6.04 Å². The van der Waals surface area contributed by atoms with Crippen molar-refractivity contribution in [2.24, 2.45) is 0 Å². The molecule has 90 valence electrons. The van der Waals surface area contributed by atoms with E-state index in [4.69, 9.17) is 0 Å². The van der Waals surface area contributed by atoms with Gasteiger partial charge in [0, 0.05) is 41.9 Å². The fourth-order valence-electron chi connectivity index (χ4n) is 2.52. The first kappa shape index (κ1) is 11.2. The Morgan fingerprint density at radius 3 is 2.82 bits per heavy atom. The van der Waals surface area contributed by atoms with E-state index < -0.39 is 0 Å². The molecule has 1 unspecified atom stereocenters. The average Bonchev–Trinajstić information content (AvgIpc) is 2.65. The third kappa shape index (κ3) is 1.99. The summed E-state index contributed by atoms with van der Waals surface area (Å²) in [6.07, 6.45) is 0. The lowest BCUT2D eigenvalue weighted by molar-refractivity contribution is -0.121. The highest BCUT2D eigenvalue weighted by Crippen LogP contribution is 2.36. The molecule has 0 aliphatic carbocycles. The average molecular weight is 296 g/mol. The molecule has 1 amide bonds. The van der Waals surface area contributed by atoms with E-state index in [1.54, 1.807) is 0 Å². The van der Waals surface area contributed by atoms with E-state index in [0.29, 0.717) is 0 Å². The number of nitrogens with zero attached hydrogens (tertiary/aromatic N) is 1. The zero-order valence-electron chi connectivity index (χ0n) is 9.37. The molecule has 2 N–H and O–H groups in total. The molecule has 1 aromatic carbocycles. The molecule has 4 nitrogen and oxygen atoms in total. The molecule has 17 heavy (non-hydrogen) atoms. The Kier molecular flexibility index (Phi) is 2.90. The lowest BCUT2D eigenvalue weighted by Crippen LogP contribution is -2.46. The normalized spacial score (nSPS) is 24.5. The van der Waals surface area contributed by atoms with Crippen LogP contribution in [0.5, 0.6) is 0 Å². The Morgan fingerprint density at radius 1 is 1.29 bits per heavy atom. The summed E-state index contributed by atoms with van der Waals surface area (Å²) in [5.41, 5.74) is 2.04. The van der Waals surface area contributed by atoms with E-state index >= 15 is 0 Å². The molecule has 1 aromatic rings. The molecule has 0 spiro atoms. The van der Waals surface area contributed by atoms with Gasteiger partial charge in [-0.05, 0) is 18.2 Å². The second kappa shape index (κ2) is 4.40. The van der Waals surface area contributed by atoms with Gasteiger partial charge in [-0.25, -0.2) is 0 Å². The minimum absolute atomic E-state index is 0.0972. The van der Waals surface area contributed by atoms with Crippen LogP contribution < -0.4 is 10.6 Å². The van der Waals surface area contributed by atoms with Crippen molar-refractivity contribution in [1.82, 2.24) is 10.2 Å². The molecule has 0 bridgehead atoms. The number of hydrogen-bond donors (Lipinski definition) is 2. The van der Waals surface area contributed by atoms with E-state index in [-0.39, 0.29) is 11.9 Å². The van der Waals surface area contributed by atoms with Crippen molar-refractivity contribution in [3.8, 4) is 0 Å². The van der Waals surface area contributed by atoms with Crippen LogP contribution in [0, 0.1) is 0 Å². The Bertz CT molecular complexity index is 457. The van der Waals surface area contributed by atoms with Crippen molar-refractivity contribution in [3.63, 3.8) is 0 Å². The van der Waals surface area contributed by atoms with E-state index in [1.165, 1.54) is 0 Å². The first-order chi connectivity index (χ1) is 8.25. The predicted molar refractivity (Wildman–Crippen MR) is 70.0 cm³/mol. The molecule has 0 aromatic heterocycles. The van der Waals surface area contributed by atoms with Crippen LogP contribution in [0.25, 0.3) is 0 Å². The predicted octanol–water partition coefficient (Wildman–Crippen LogP) is 1.35. The number of carbonyl (C=O) groups is 1. The molecule has 1 saturated heterocycles. The third-order valence-electron chi connectivity index (χ3n) is 3.33. The van der Waals surface area contributed by atoms with Crippen molar-refractivity contribution in [2.75, 3.05) is 31.5 Å². The van der Waals surface area contributed by atoms with Crippen LogP contribution in [-0.4, -0.2) is 37.0 Å². The molecule has 5 heteroatoms. The number of piperazine rings is 1. The first-order valence-electron chi connectivity index (χ1n) is 5.81. The van der Waals surface area contributed by atoms with E-state index in [2.05, 4.69) is 31.5 Å². The van der Waals surface area contributed by atoms with Crippen molar-refractivity contribution in [3.05, 3.63) is 28.2 Å². The van der Waals surface area contributed by atoms with Gasteiger partial charge < -0.3 is 10.6 Å². The third-order valence-corrected chi connectivity index (χ3v) is 3.82. The first-order valence-corrected chi connectivity index (χ1v) is 6.60. The second-order valence-electron chi connectivity index (χ2n) is 4.41. The molecule has 2 aliphatic rings. The van der Waals surface area contributed by atoms with Crippen LogP contribution in [0.3, 0.4) is 0 Å². The van der Waals surface area contributed by atoms with Gasteiger partial charge in [0.25, 0.3) is 0 Å². The van der Waals surface area contributed by atoms with Crippen LogP contribution in [0.15, 0.2) is 22.7 Å². The molecular weight excluding hydrogens is 282 g/mol. The fourth-order valence-corrected chi connectivity index (χ4v) is 2.90. The number of fused-ring (bicyclic) bond motifs is 1. The molecule has 0 saturated carbocycles. The molecule has 2 aliphatic heterocycles. The Hall–Kier alpha value is -0.910. The zero-order chi connectivity index (χ0) is 11.8. The minimum Gasteiger partial charge on any atom is -0.324 e. The van der Waals surface area contributed by atoms with Gasteiger partial charge in [-0.3, -0.25) is 9.69 Å². The number of halogens is 1. The molecule has 3 rings (SSSR count). The van der Waals surface area contributed by atoms with Gasteiger partial charge >= 0.3 is 0 Å². The summed E-state index contributed by atoms with van der Waals surface area (Å²) >= 11 is 3.47. The molecule has 1 atom stereocenters. The molecular formula is C12H14BrN3O. The Balaban J connectivity index is 1.95. The molecule has 1 fully saturated rings. The summed E-state index contributed by atoms with van der Waals surface area (Å²) in [5, 5.41) is 6.26. The largest absolute Gasteiger partial charge is 0.324 e. The quantitative estimate of drug-likeness (QED) is 0.822. The van der Waals surface area contributed by atoms with E-state index in [0.717, 1.165) is 41.9 Å². The maximum Gasteiger partial charge on any atom is 0.246 e. The van der Waals surface area contributed by atoms with Gasteiger partial charge in [0.15, 0.2) is 0 Å². The summed E-state index contributed by atoms with van der Waals surface area (Å²) in [7, 11) is 0. The van der Waals surface area contributed by atoms with Crippen LogP contribution in [-0.2, 0) is 4.79 Å². The number of amides is 1. The number of anilines is 1. The highest BCUT2D eigenvalue weighted by molar-refractivity contribution is 9.10. The maximum absolute atomic E-state index is 12.1. The standard InChI is InChI=1S/C12H14BrN3O/c13-8-1-2-10-9(7-8)11(12(17)15-10)16-5-3-14-4-6-16/h1-2,7,11,14H,3-6H2,(H,15,17). The van der Waals surface area contributed by atoms with Crippen molar-refractivity contribution in [1.29, 1.82) is 0 Å². The summed E-state index contributed by atoms with van der Waals surface area (Å²) < 4.78 is 1.02. The van der Waals surface area contributed by atoms with Gasteiger partial charge in [0.2, 0.25) is 5.91 Å². The van der Waals surface area contributed by atoms with Crippen molar-refractivity contribution >= 4 is 27.5 Å². The molecule has 0 radical (unpaired) electrons. The van der Waals surface area contributed by atoms with Crippen LogP contribution in [0.4, 0.5) is 5.69 Å². The van der Waals surface area contributed by atoms with E-state index in [9.17, 15) is 4.79 Å². The van der Waals surface area contributed by atoms with Gasteiger partial charge in [-0.1, -0.05) is 15.9 Å². The lowest BCUT2D eigenvalue weighted by Gasteiger charge is -2.31. The number of benzene rings is 1. The van der Waals surface area contributed by atoms with Gasteiger partial charge in [-0.15, -0.1) is 0 Å². The van der Waals surface area contributed by atoms with Crippen LogP contribution >= 0.6 is 15.9 Å². The SMILES string of the molecule is O=C1Nc2ccc(Br)cc2C1N1CCNCC1. The van der Waals surface area contributed by atoms with Gasteiger partial charge in [-0.2, -0.15) is 0 Å². The maximum atomic E-state index is 12.1. The zero-order valence-corrected chi connectivity index (χ0v) is 11.0. The Morgan fingerprint density at radius 2 is 2.06 bits per heavy atom. The summed E-state index contributed by atoms with van der Waals surface area (Å²) in [5.74, 6) is 0.0972. The minimum atomic E-state index is -0.121. The summed E-state index contributed by atoms with van der Waals surface area (Å²) in [6.45, 7) is 3.74. The summed E-state index contributed by atoms with van der Waals surface area (Å²) in [6, 6.07) is 5.84. The van der Waals surface area contributed by atoms with Crippen molar-refractivity contribution in [2.45, 2.75) is 6.04 Å². The fraction of sp³-hybridized carbons (Fsp3) is 0.417. The van der Waals surface area contributed by atoms with Crippen LogP contribution in [0.1, 0.15) is 11.6 Å². The molecule has 2 heterocycles. The van der Waals surface area contributed by atoms with Crippen molar-refractivity contribution < 1.29 is 4.79 Å². The smallest absolute Gasteiger partial charge is 0.246 e. The number of carbonyl (C=O) groups excluding carboxylic acids is 1. The number of rotatable bonds is 1. The van der Waals surface area contributed by atoms with Gasteiger partial charge in [0.05, 0.1) is 0 Å². The topological polar surface area (TPSA) is 44.4 Å².